The third-order valence-electron chi connectivity index (χ3n) is 4.25. The van der Waals surface area contributed by atoms with E-state index < -0.39 is 37.9 Å². The van der Waals surface area contributed by atoms with E-state index in [4.69, 9.17) is 11.6 Å². The first-order valence-corrected chi connectivity index (χ1v) is 9.14. The highest BCUT2D eigenvalue weighted by molar-refractivity contribution is 7.19. The molecule has 0 aliphatic carbocycles. The topological polar surface area (TPSA) is 38.1 Å². The summed E-state index contributed by atoms with van der Waals surface area (Å²) in [6.45, 7) is -1.84. The molecule has 10 heteroatoms. The number of amides is 1. The molecule has 27 heavy (non-hydrogen) atoms. The lowest BCUT2D eigenvalue weighted by atomic mass is 10.1. The van der Waals surface area contributed by atoms with E-state index in [0.717, 1.165) is 4.90 Å². The summed E-state index contributed by atoms with van der Waals surface area (Å²) in [5.41, 5.74) is 1.06. The zero-order chi connectivity index (χ0) is 19.3. The standard InChI is InChI=1S/C17H12ClF4N3OS/c18-13-4-3-12(27-13)15-10-5-9(16(26)24-7-17(21,22)8-24)1-2-11(10)25(23-15)6-14(19)20/h1-5,14H,6-8H2. The molecule has 1 aliphatic rings. The van der Waals surface area contributed by atoms with Gasteiger partial charge in [0.15, 0.2) is 0 Å². The molecule has 1 amide bonds. The van der Waals surface area contributed by atoms with Gasteiger partial charge >= 0.3 is 0 Å². The molecule has 142 valence electrons. The van der Waals surface area contributed by atoms with Crippen molar-refractivity contribution in [3.05, 3.63) is 40.2 Å². The molecular formula is C17H12ClF4N3OS. The molecular weight excluding hydrogens is 406 g/mol. The number of fused-ring (bicyclic) bond motifs is 1. The number of rotatable bonds is 4. The molecule has 0 radical (unpaired) electrons. The van der Waals surface area contributed by atoms with Crippen molar-refractivity contribution < 1.29 is 22.4 Å². The maximum Gasteiger partial charge on any atom is 0.282 e. The number of hydrogen-bond donors (Lipinski definition) is 0. The summed E-state index contributed by atoms with van der Waals surface area (Å²) in [6, 6.07) is 7.83. The summed E-state index contributed by atoms with van der Waals surface area (Å²) < 4.78 is 53.6. The summed E-state index contributed by atoms with van der Waals surface area (Å²) >= 11 is 7.19. The zero-order valence-electron chi connectivity index (χ0n) is 13.6. The minimum atomic E-state index is -2.86. The van der Waals surface area contributed by atoms with Crippen LogP contribution in [0.3, 0.4) is 0 Å². The molecule has 1 saturated heterocycles. The normalized spacial score (nSPS) is 16.1. The second-order valence-corrected chi connectivity index (χ2v) is 7.99. The highest BCUT2D eigenvalue weighted by atomic mass is 35.5. The number of carbonyl (C=O) groups is 1. The van der Waals surface area contributed by atoms with Crippen molar-refractivity contribution in [3.8, 4) is 10.6 Å². The van der Waals surface area contributed by atoms with Crippen molar-refractivity contribution in [2.75, 3.05) is 13.1 Å². The zero-order valence-corrected chi connectivity index (χ0v) is 15.2. The van der Waals surface area contributed by atoms with E-state index in [0.29, 0.717) is 25.8 Å². The van der Waals surface area contributed by atoms with Crippen molar-refractivity contribution in [3.63, 3.8) is 0 Å². The minimum absolute atomic E-state index is 0.207. The van der Waals surface area contributed by atoms with Crippen LogP contribution < -0.4 is 0 Å². The molecule has 0 N–H and O–H groups in total. The fourth-order valence-electron chi connectivity index (χ4n) is 3.04. The number of halogens is 5. The predicted octanol–water partition coefficient (Wildman–Crippen LogP) is 4.77. The Morgan fingerprint density at radius 3 is 2.59 bits per heavy atom. The lowest BCUT2D eigenvalue weighted by molar-refractivity contribution is -0.113. The number of thiophene rings is 1. The monoisotopic (exact) mass is 417 g/mol. The fourth-order valence-corrected chi connectivity index (χ4v) is 4.09. The van der Waals surface area contributed by atoms with Gasteiger partial charge in [-0.2, -0.15) is 5.10 Å². The Balaban J connectivity index is 1.78. The lowest BCUT2D eigenvalue weighted by Crippen LogP contribution is -2.58. The summed E-state index contributed by atoms with van der Waals surface area (Å²) in [4.78, 5) is 14.1. The van der Waals surface area contributed by atoms with Crippen LogP contribution in [0.25, 0.3) is 21.5 Å². The van der Waals surface area contributed by atoms with Crippen LogP contribution in [0.5, 0.6) is 0 Å². The molecule has 0 saturated carbocycles. The lowest BCUT2D eigenvalue weighted by Gasteiger charge is -2.38. The van der Waals surface area contributed by atoms with Gasteiger partial charge in [0.25, 0.3) is 18.3 Å². The van der Waals surface area contributed by atoms with Gasteiger partial charge in [-0.1, -0.05) is 11.6 Å². The highest BCUT2D eigenvalue weighted by Gasteiger charge is 2.46. The van der Waals surface area contributed by atoms with Crippen LogP contribution >= 0.6 is 22.9 Å². The van der Waals surface area contributed by atoms with Gasteiger partial charge in [-0.25, -0.2) is 17.6 Å². The molecule has 3 heterocycles. The smallest absolute Gasteiger partial charge is 0.282 e. The molecule has 1 aromatic carbocycles. The number of hydrogen-bond acceptors (Lipinski definition) is 3. The van der Waals surface area contributed by atoms with Gasteiger partial charge in [0.1, 0.15) is 12.2 Å². The van der Waals surface area contributed by atoms with Crippen LogP contribution in [-0.2, 0) is 6.54 Å². The Kier molecular flexibility index (Phi) is 4.38. The second kappa shape index (κ2) is 6.49. The van der Waals surface area contributed by atoms with Crippen molar-refractivity contribution in [1.82, 2.24) is 14.7 Å². The molecule has 2 aromatic heterocycles. The largest absolute Gasteiger partial charge is 0.326 e. The molecule has 0 unspecified atom stereocenters. The first-order valence-electron chi connectivity index (χ1n) is 7.95. The van der Waals surface area contributed by atoms with Gasteiger partial charge < -0.3 is 4.90 Å². The van der Waals surface area contributed by atoms with E-state index in [1.54, 1.807) is 12.1 Å². The van der Waals surface area contributed by atoms with Gasteiger partial charge in [-0.05, 0) is 30.3 Å². The van der Waals surface area contributed by atoms with Gasteiger partial charge in [-0.15, -0.1) is 11.3 Å². The molecule has 1 aliphatic heterocycles. The van der Waals surface area contributed by atoms with Gasteiger partial charge in [-0.3, -0.25) is 9.48 Å². The number of alkyl halides is 4. The van der Waals surface area contributed by atoms with Gasteiger partial charge in [0.05, 0.1) is 27.8 Å². The van der Waals surface area contributed by atoms with E-state index in [1.165, 1.54) is 34.2 Å². The van der Waals surface area contributed by atoms with Crippen molar-refractivity contribution in [2.24, 2.45) is 0 Å². The molecule has 4 nitrogen and oxygen atoms in total. The van der Waals surface area contributed by atoms with Crippen molar-refractivity contribution in [1.29, 1.82) is 0 Å². The number of aromatic nitrogens is 2. The number of likely N-dealkylation sites (tertiary alicyclic amines) is 1. The molecule has 0 atom stereocenters. The maximum absolute atomic E-state index is 13.0. The first-order chi connectivity index (χ1) is 12.7. The molecule has 0 spiro atoms. The summed E-state index contributed by atoms with van der Waals surface area (Å²) in [5, 5.41) is 4.75. The van der Waals surface area contributed by atoms with Crippen molar-refractivity contribution in [2.45, 2.75) is 18.9 Å². The first kappa shape index (κ1) is 18.2. The minimum Gasteiger partial charge on any atom is -0.326 e. The third kappa shape index (κ3) is 3.41. The molecule has 3 aromatic rings. The predicted molar refractivity (Wildman–Crippen MR) is 94.9 cm³/mol. The summed E-state index contributed by atoms with van der Waals surface area (Å²) in [5.74, 6) is -3.39. The molecule has 0 bridgehead atoms. The van der Waals surface area contributed by atoms with Crippen LogP contribution in [0.15, 0.2) is 30.3 Å². The van der Waals surface area contributed by atoms with Gasteiger partial charge in [0, 0.05) is 10.9 Å². The van der Waals surface area contributed by atoms with E-state index in [-0.39, 0.29) is 5.56 Å². The van der Waals surface area contributed by atoms with E-state index in [1.807, 2.05) is 0 Å². The Labute approximate surface area is 159 Å². The molecule has 4 rings (SSSR count). The van der Waals surface area contributed by atoms with Crippen LogP contribution in [0.2, 0.25) is 4.34 Å². The number of carbonyl (C=O) groups excluding carboxylic acids is 1. The average Bonchev–Trinajstić information content (AvgIpc) is 3.15. The second-order valence-electron chi connectivity index (χ2n) is 6.27. The quantitative estimate of drug-likeness (QED) is 0.573. The Bertz CT molecular complexity index is 1020. The van der Waals surface area contributed by atoms with Crippen LogP contribution in [0.1, 0.15) is 10.4 Å². The Hall–Kier alpha value is -2.13. The number of nitrogens with zero attached hydrogens (tertiary/aromatic N) is 3. The van der Waals surface area contributed by atoms with Crippen molar-refractivity contribution >= 4 is 39.7 Å². The summed E-state index contributed by atoms with van der Waals surface area (Å²) in [6.07, 6.45) is -2.60. The van der Waals surface area contributed by atoms with Crippen LogP contribution in [0.4, 0.5) is 17.6 Å². The summed E-state index contributed by atoms with van der Waals surface area (Å²) in [7, 11) is 0. The van der Waals surface area contributed by atoms with E-state index in [9.17, 15) is 22.4 Å². The Morgan fingerprint density at radius 1 is 1.26 bits per heavy atom. The fraction of sp³-hybridized carbons (Fsp3) is 0.294. The highest BCUT2D eigenvalue weighted by Crippen LogP contribution is 2.36. The van der Waals surface area contributed by atoms with E-state index in [2.05, 4.69) is 5.10 Å². The average molecular weight is 418 g/mol. The Morgan fingerprint density at radius 2 is 2.00 bits per heavy atom. The van der Waals surface area contributed by atoms with Gasteiger partial charge in [0.2, 0.25) is 0 Å². The SMILES string of the molecule is O=C(c1ccc2c(c1)c(-c1ccc(Cl)s1)nn2CC(F)F)N1CC(F)(F)C1. The molecule has 1 fully saturated rings. The van der Waals surface area contributed by atoms with E-state index >= 15 is 0 Å². The third-order valence-corrected chi connectivity index (χ3v) is 5.48. The van der Waals surface area contributed by atoms with Crippen LogP contribution in [-0.4, -0.2) is 46.0 Å². The number of benzene rings is 1. The van der Waals surface area contributed by atoms with Crippen LogP contribution in [0, 0.1) is 0 Å². The maximum atomic E-state index is 13.0.